The van der Waals surface area contributed by atoms with Gasteiger partial charge in [0.1, 0.15) is 59.8 Å². The first-order chi connectivity index (χ1) is 40.5. The van der Waals surface area contributed by atoms with Crippen LogP contribution in [-0.2, 0) is 33.2 Å². The van der Waals surface area contributed by atoms with Gasteiger partial charge in [-0.25, -0.2) is 40.8 Å². The summed E-state index contributed by atoms with van der Waals surface area (Å²) in [4.78, 5) is 11.1. The van der Waals surface area contributed by atoms with E-state index in [0.717, 1.165) is 51.1 Å². The number of fused-ring (bicyclic) bond motifs is 3. The molecule has 0 saturated carbocycles. The highest BCUT2D eigenvalue weighted by atomic mass is 79.9. The van der Waals surface area contributed by atoms with Gasteiger partial charge in [-0.15, -0.1) is 0 Å². The summed E-state index contributed by atoms with van der Waals surface area (Å²) in [5.74, 6) is -11.5. The molecule has 0 spiro atoms. The maximum atomic E-state index is 13.7. The zero-order chi connectivity index (χ0) is 61.3. The number of nitrogens with zero attached hydrogens (tertiary/aromatic N) is 6. The summed E-state index contributed by atoms with van der Waals surface area (Å²) in [6.45, 7) is 0.769. The highest BCUT2D eigenvalue weighted by Crippen LogP contribution is 2.35. The first-order valence-electron chi connectivity index (χ1n) is 23.7. The smallest absolute Gasteiger partial charge is 0.339 e. The molecule has 0 aliphatic carbocycles. The molecular weight excluding hydrogens is 1350 g/mol. The Morgan fingerprint density at radius 2 is 0.976 bits per heavy atom. The lowest BCUT2D eigenvalue weighted by Gasteiger charge is -2.22. The van der Waals surface area contributed by atoms with E-state index in [1.807, 2.05) is 42.5 Å². The van der Waals surface area contributed by atoms with Crippen LogP contribution in [0.25, 0.3) is 32.3 Å². The third-order valence-corrected chi connectivity index (χ3v) is 16.5. The van der Waals surface area contributed by atoms with Gasteiger partial charge < -0.3 is 28.0 Å². The molecule has 5 heterocycles. The Kier molecular flexibility index (Phi) is 20.9. The molecule has 0 amide bonds. The molecule has 11 aromatic rings. The van der Waals surface area contributed by atoms with E-state index < -0.39 is 59.9 Å². The topological polar surface area (TPSA) is 202 Å². The lowest BCUT2D eigenvalue weighted by molar-refractivity contribution is 0.346. The van der Waals surface area contributed by atoms with E-state index in [-0.39, 0.29) is 43.3 Å². The molecule has 0 saturated heterocycles. The van der Waals surface area contributed by atoms with Crippen LogP contribution in [0.2, 0.25) is 30.9 Å². The Morgan fingerprint density at radius 1 is 0.529 bits per heavy atom. The predicted octanol–water partition coefficient (Wildman–Crippen LogP) is 16.5. The Labute approximate surface area is 518 Å². The van der Waals surface area contributed by atoms with Gasteiger partial charge in [0.15, 0.2) is 11.6 Å². The number of sulfonamides is 1. The van der Waals surface area contributed by atoms with Crippen LogP contribution >= 0.6 is 85.5 Å². The van der Waals surface area contributed by atoms with Gasteiger partial charge >= 0.3 is 10.1 Å². The van der Waals surface area contributed by atoms with Crippen molar-refractivity contribution in [2.75, 3.05) is 23.8 Å². The molecule has 1 N–H and O–H groups in total. The summed E-state index contributed by atoms with van der Waals surface area (Å²) in [5.41, 5.74) is 1.91. The number of aromatic nitrogens is 5. The number of pyridine rings is 3. The molecule has 5 aromatic heterocycles. The van der Waals surface area contributed by atoms with Crippen LogP contribution < -0.4 is 23.3 Å². The highest BCUT2D eigenvalue weighted by molar-refractivity contribution is 9.10. The van der Waals surface area contributed by atoms with Crippen molar-refractivity contribution in [1.29, 1.82) is 0 Å². The van der Waals surface area contributed by atoms with Crippen molar-refractivity contribution in [3.8, 4) is 17.2 Å². The van der Waals surface area contributed by atoms with E-state index in [4.69, 9.17) is 88.1 Å². The van der Waals surface area contributed by atoms with Gasteiger partial charge in [-0.3, -0.25) is 0 Å². The van der Waals surface area contributed by atoms with Crippen molar-refractivity contribution in [2.45, 2.75) is 22.9 Å². The second-order valence-electron chi connectivity index (χ2n) is 17.1. The van der Waals surface area contributed by atoms with Gasteiger partial charge in [-0.1, -0.05) is 126 Å². The van der Waals surface area contributed by atoms with Gasteiger partial charge in [-0.2, -0.15) is 17.2 Å². The number of hydrogen-bond donors (Lipinski definition) is 1. The molecule has 0 atom stereocenters. The van der Waals surface area contributed by atoms with E-state index in [9.17, 15) is 38.8 Å². The minimum Gasteiger partial charge on any atom is -0.497 e. The van der Waals surface area contributed by atoms with Crippen molar-refractivity contribution < 1.29 is 61.5 Å². The average molecular weight is 1390 g/mol. The van der Waals surface area contributed by atoms with Crippen LogP contribution in [0.1, 0.15) is 11.1 Å². The maximum Gasteiger partial charge on any atom is 0.339 e. The highest BCUT2D eigenvalue weighted by Gasteiger charge is 2.32. The van der Waals surface area contributed by atoms with E-state index in [1.165, 1.54) is 52.7 Å². The fourth-order valence-electron chi connectivity index (χ4n) is 7.50. The predicted molar refractivity (Wildman–Crippen MR) is 317 cm³/mol. The number of anilines is 2. The normalized spacial score (nSPS) is 11.2. The van der Waals surface area contributed by atoms with Gasteiger partial charge in [0.2, 0.25) is 34.8 Å². The van der Waals surface area contributed by atoms with Crippen molar-refractivity contribution in [1.82, 2.24) is 25.3 Å². The monoisotopic (exact) mass is 1380 g/mol. The second kappa shape index (κ2) is 27.8. The lowest BCUT2D eigenvalue weighted by Crippen LogP contribution is -2.30. The van der Waals surface area contributed by atoms with Crippen molar-refractivity contribution in [3.05, 3.63) is 222 Å². The van der Waals surface area contributed by atoms with Crippen LogP contribution in [-0.4, -0.2) is 56.3 Å². The van der Waals surface area contributed by atoms with Crippen LogP contribution in [0.15, 0.2) is 169 Å². The van der Waals surface area contributed by atoms with E-state index >= 15 is 0 Å². The Bertz CT molecular complexity index is 4410. The van der Waals surface area contributed by atoms with Crippen LogP contribution in [0.5, 0.6) is 17.2 Å². The van der Waals surface area contributed by atoms with Gasteiger partial charge in [0.25, 0.3) is 10.0 Å². The zero-order valence-corrected chi connectivity index (χ0v) is 50.7. The molecule has 85 heavy (non-hydrogen) atoms. The fraction of sp³-hybridized carbons (Fsp3) is 0.0727. The lowest BCUT2D eigenvalue weighted by atomic mass is 10.2. The first kappa shape index (κ1) is 63.8. The molecule has 0 fully saturated rings. The molecular formula is C55H35BrCl6F5N7O9S2. The standard InChI is InChI=1S/C20H15Cl2N3O4S.C15H4Cl2F5NO3S.C11H12N2O2.C9H4BrCl2N/c1-28-15-4-2-13(3-5-15)12-25(19-8-9-29-24-19)30(26,27)16-6-7-17-14(10-16)11-18(21)23-20(17)22;16-8-4-5-3-6(1-2-7(5)15(17)23-8)27(24,25)26-14-12(21)10(19)9(18)11(20)13(14)22;1-14-10-4-2-9(3-5-10)8-12-11-6-7-15-13-11;10-6-1-2-7-5(3-6)4-8(11)13-9(7)12/h2-11H,12H2,1H3;1-4H;2-7H,8H2,1H3,(H,12,13);1-4H. The van der Waals surface area contributed by atoms with Gasteiger partial charge in [0.05, 0.1) is 25.7 Å². The molecule has 0 aliphatic heterocycles. The largest absolute Gasteiger partial charge is 0.497 e. The SMILES string of the molecule is COc1ccc(CN(c2ccon2)S(=O)(=O)c2ccc3c(Cl)nc(Cl)cc3c2)cc1.COc1ccc(CNc2ccon2)cc1.Clc1cc2cc(Br)ccc2c(Cl)n1.O=S(=O)(Oc1c(F)c(F)c(F)c(F)c1F)c1ccc2c(Cl)nc(Cl)cc2c1. The molecule has 0 radical (unpaired) electrons. The first-order valence-corrected chi connectivity index (χ1v) is 29.6. The Balaban J connectivity index is 0.000000156. The van der Waals surface area contributed by atoms with Crippen LogP contribution in [0.4, 0.5) is 33.6 Å². The summed E-state index contributed by atoms with van der Waals surface area (Å²) < 4.78 is 144. The van der Waals surface area contributed by atoms with Crippen molar-refractivity contribution in [3.63, 3.8) is 0 Å². The third kappa shape index (κ3) is 15.6. The Hall–Kier alpha value is -7.26. The number of nitrogens with one attached hydrogen (secondary N) is 1. The number of halogens is 12. The maximum absolute atomic E-state index is 13.7. The molecule has 30 heteroatoms. The number of rotatable bonds is 13. The number of hydrogen-bond acceptors (Lipinski definition) is 15. The third-order valence-electron chi connectivity index (χ3n) is 11.6. The average Bonchev–Trinajstić information content (AvgIpc) is 2.77. The van der Waals surface area contributed by atoms with Crippen LogP contribution in [0.3, 0.4) is 0 Å². The summed E-state index contributed by atoms with van der Waals surface area (Å²) in [5, 5.41) is 15.4. The molecule has 16 nitrogen and oxygen atoms in total. The summed E-state index contributed by atoms with van der Waals surface area (Å²) in [6, 6.07) is 36.3. The van der Waals surface area contributed by atoms with Gasteiger partial charge in [-0.05, 0) is 118 Å². The van der Waals surface area contributed by atoms with E-state index in [1.54, 1.807) is 62.8 Å². The van der Waals surface area contributed by atoms with Gasteiger partial charge in [0, 0.05) is 39.3 Å². The van der Waals surface area contributed by atoms with E-state index in [0.29, 0.717) is 32.2 Å². The van der Waals surface area contributed by atoms with Crippen molar-refractivity contribution >= 4 is 150 Å². The zero-order valence-electron chi connectivity index (χ0n) is 43.0. The molecule has 440 valence electrons. The Morgan fingerprint density at radius 3 is 1.46 bits per heavy atom. The van der Waals surface area contributed by atoms with Crippen LogP contribution in [0, 0.1) is 29.1 Å². The molecule has 0 bridgehead atoms. The summed E-state index contributed by atoms with van der Waals surface area (Å²) >= 11 is 38.7. The van der Waals surface area contributed by atoms with E-state index in [2.05, 4.69) is 50.7 Å². The van der Waals surface area contributed by atoms with Crippen molar-refractivity contribution in [2.24, 2.45) is 0 Å². The quantitative estimate of drug-likeness (QED) is 0.0375. The fourth-order valence-corrected chi connectivity index (χ4v) is 11.8. The second-order valence-corrected chi connectivity index (χ2v) is 23.6. The molecule has 11 rings (SSSR count). The minimum absolute atomic E-state index is 0.0397. The summed E-state index contributed by atoms with van der Waals surface area (Å²) in [6.07, 6.45) is 2.85. The summed E-state index contributed by atoms with van der Waals surface area (Å²) in [7, 11) is -5.73. The molecule has 6 aromatic carbocycles. The number of ether oxygens (including phenoxy) is 2. The number of benzene rings is 6. The molecule has 0 aliphatic rings. The minimum atomic E-state index is -4.96. The number of methoxy groups -OCH3 is 2. The molecule has 0 unspecified atom stereocenters.